The fourth-order valence-corrected chi connectivity index (χ4v) is 0.348. The van der Waals surface area contributed by atoms with Crippen LogP contribution in [-0.4, -0.2) is 16.5 Å². The zero-order valence-electron chi connectivity index (χ0n) is 3.31. The summed E-state index contributed by atoms with van der Waals surface area (Å²) in [6.07, 6.45) is -0.181. The van der Waals surface area contributed by atoms with Crippen LogP contribution >= 0.6 is 11.6 Å². The molecule has 36 valence electrons. The minimum Gasteiger partial charge on any atom is -0.351 e. The third kappa shape index (κ3) is 0.511. The third-order valence-corrected chi connectivity index (χ3v) is 1.18. The van der Waals surface area contributed by atoms with Gasteiger partial charge in [0, 0.05) is 0 Å². The maximum Gasteiger partial charge on any atom is 0.273 e. The lowest BCUT2D eigenvalue weighted by Gasteiger charge is -1.81. The van der Waals surface area contributed by atoms with Gasteiger partial charge in [-0.05, 0) is 6.92 Å². The molecule has 0 saturated carbocycles. The summed E-state index contributed by atoms with van der Waals surface area (Å²) in [6, 6.07) is 0. The van der Waals surface area contributed by atoms with Crippen LogP contribution in [-0.2, 0) is 4.74 Å². The van der Waals surface area contributed by atoms with E-state index in [0.29, 0.717) is 0 Å². The van der Waals surface area contributed by atoms with Crippen molar-refractivity contribution in [2.45, 2.75) is 18.3 Å². The molecule has 1 fully saturated rings. The van der Waals surface area contributed by atoms with Crippen LogP contribution in [0.1, 0.15) is 6.92 Å². The van der Waals surface area contributed by atoms with E-state index in [1.807, 2.05) is 0 Å². The molecule has 0 spiro atoms. The average molecular weight is 109 g/mol. The molecule has 0 amide bonds. The fraction of sp³-hybridized carbons (Fsp3) is 1.00. The quantitative estimate of drug-likeness (QED) is 0.357. The second-order valence-electron chi connectivity index (χ2n) is 1.37. The molecule has 2 nitrogen and oxygen atoms in total. The van der Waals surface area contributed by atoms with Crippen LogP contribution in [0.3, 0.4) is 0 Å². The molecule has 0 aromatic carbocycles. The van der Waals surface area contributed by atoms with Gasteiger partial charge in [0.1, 0.15) is 6.10 Å². The van der Waals surface area contributed by atoms with Gasteiger partial charge in [0.05, 0.1) is 0 Å². The number of halogens is 1. The lowest BCUT2D eigenvalue weighted by Crippen LogP contribution is -1.98. The molecule has 0 bridgehead atoms. The van der Waals surface area contributed by atoms with Crippen LogP contribution in [0.4, 0.5) is 0 Å². The lowest BCUT2D eigenvalue weighted by atomic mass is 10.5. The number of alkyl halides is 1. The predicted octanol–water partition coefficient (Wildman–Crippen LogP) is 0.290. The van der Waals surface area contributed by atoms with Gasteiger partial charge < -0.3 is 9.84 Å². The van der Waals surface area contributed by atoms with E-state index >= 15 is 0 Å². The molecular weight excluding hydrogens is 103 g/mol. The summed E-state index contributed by atoms with van der Waals surface area (Å²) in [5, 5.41) is 7.12. The van der Waals surface area contributed by atoms with Crippen LogP contribution < -0.4 is 0 Å². The van der Waals surface area contributed by atoms with Gasteiger partial charge in [0.25, 0.3) is 5.25 Å². The molecule has 6 heavy (non-hydrogen) atoms. The SMILES string of the molecule is CC1O[C@@]1(O)Cl. The van der Waals surface area contributed by atoms with Crippen molar-refractivity contribution < 1.29 is 9.84 Å². The molecule has 0 aliphatic carbocycles. The highest BCUT2D eigenvalue weighted by Crippen LogP contribution is 2.36. The highest BCUT2D eigenvalue weighted by molar-refractivity contribution is 6.23. The average Bonchev–Trinajstić information content (AvgIpc) is 1.73. The molecule has 0 radical (unpaired) electrons. The Bertz CT molecular complexity index is 71.2. The Kier molecular flexibility index (Phi) is 0.645. The smallest absolute Gasteiger partial charge is 0.273 e. The van der Waals surface area contributed by atoms with Crippen LogP contribution in [0.15, 0.2) is 0 Å². The van der Waals surface area contributed by atoms with Crippen molar-refractivity contribution >= 4 is 11.6 Å². The molecule has 1 aliphatic heterocycles. The summed E-state index contributed by atoms with van der Waals surface area (Å²) in [4.78, 5) is 0. The Labute approximate surface area is 40.7 Å². The minimum atomic E-state index is -1.32. The first-order chi connectivity index (χ1) is 2.63. The van der Waals surface area contributed by atoms with E-state index in [1.54, 1.807) is 6.92 Å². The molecular formula is C3H5ClO2. The summed E-state index contributed by atoms with van der Waals surface area (Å²) < 4.78 is 4.43. The van der Waals surface area contributed by atoms with E-state index in [1.165, 1.54) is 0 Å². The number of epoxide rings is 1. The van der Waals surface area contributed by atoms with Gasteiger partial charge in [-0.3, -0.25) is 0 Å². The molecule has 1 N–H and O–H groups in total. The zero-order valence-corrected chi connectivity index (χ0v) is 4.07. The molecule has 1 heterocycles. The standard InChI is InChI=1S/C3H5ClO2/c1-2-3(4,5)6-2/h2,5H,1H3/t2?,3-/m1/s1. The summed E-state index contributed by atoms with van der Waals surface area (Å²) in [6.45, 7) is 1.70. The van der Waals surface area contributed by atoms with E-state index in [9.17, 15) is 0 Å². The Morgan fingerprint density at radius 2 is 2.17 bits per heavy atom. The third-order valence-electron chi connectivity index (χ3n) is 0.786. The van der Waals surface area contributed by atoms with Crippen molar-refractivity contribution in [1.82, 2.24) is 0 Å². The molecule has 1 saturated heterocycles. The Morgan fingerprint density at radius 1 is 2.00 bits per heavy atom. The van der Waals surface area contributed by atoms with Crippen molar-refractivity contribution in [3.05, 3.63) is 0 Å². The minimum absolute atomic E-state index is 0.181. The molecule has 2 atom stereocenters. The van der Waals surface area contributed by atoms with E-state index < -0.39 is 5.25 Å². The fourth-order valence-electron chi connectivity index (χ4n) is 0.214. The number of ether oxygens (including phenoxy) is 1. The summed E-state index contributed by atoms with van der Waals surface area (Å²) in [5.74, 6) is 0. The van der Waals surface area contributed by atoms with Crippen molar-refractivity contribution in [1.29, 1.82) is 0 Å². The van der Waals surface area contributed by atoms with Gasteiger partial charge in [-0.2, -0.15) is 0 Å². The van der Waals surface area contributed by atoms with E-state index in [0.717, 1.165) is 0 Å². The predicted molar refractivity (Wildman–Crippen MR) is 21.3 cm³/mol. The highest BCUT2D eigenvalue weighted by atomic mass is 35.5. The van der Waals surface area contributed by atoms with Crippen LogP contribution in [0.25, 0.3) is 0 Å². The van der Waals surface area contributed by atoms with E-state index in [-0.39, 0.29) is 6.10 Å². The van der Waals surface area contributed by atoms with Crippen LogP contribution in [0.5, 0.6) is 0 Å². The monoisotopic (exact) mass is 108 g/mol. The summed E-state index contributed by atoms with van der Waals surface area (Å²) >= 11 is 5.12. The van der Waals surface area contributed by atoms with Gasteiger partial charge in [0.2, 0.25) is 0 Å². The Hall–Kier alpha value is 0.210. The first-order valence-electron chi connectivity index (χ1n) is 1.72. The zero-order chi connectivity index (χ0) is 4.78. The second kappa shape index (κ2) is 0.886. The molecule has 0 aromatic rings. The van der Waals surface area contributed by atoms with Crippen LogP contribution in [0.2, 0.25) is 0 Å². The van der Waals surface area contributed by atoms with Gasteiger partial charge >= 0.3 is 0 Å². The molecule has 1 rings (SSSR count). The van der Waals surface area contributed by atoms with Gasteiger partial charge in [0.15, 0.2) is 0 Å². The maximum atomic E-state index is 8.44. The maximum absolute atomic E-state index is 8.44. The first kappa shape index (κ1) is 4.37. The number of hydrogen-bond acceptors (Lipinski definition) is 2. The van der Waals surface area contributed by atoms with Gasteiger partial charge in [-0.15, -0.1) is 0 Å². The topological polar surface area (TPSA) is 32.8 Å². The summed E-state index contributed by atoms with van der Waals surface area (Å²) in [5.41, 5.74) is 0. The Balaban J connectivity index is 2.41. The van der Waals surface area contributed by atoms with Crippen molar-refractivity contribution in [2.75, 3.05) is 0 Å². The van der Waals surface area contributed by atoms with Crippen LogP contribution in [0, 0.1) is 0 Å². The lowest BCUT2D eigenvalue weighted by molar-refractivity contribution is 0.116. The molecule has 3 heteroatoms. The number of aliphatic hydroxyl groups is 1. The van der Waals surface area contributed by atoms with Crippen molar-refractivity contribution in [2.24, 2.45) is 0 Å². The normalized spacial score (nSPS) is 55.5. The highest BCUT2D eigenvalue weighted by Gasteiger charge is 2.50. The largest absolute Gasteiger partial charge is 0.351 e. The molecule has 1 unspecified atom stereocenters. The van der Waals surface area contributed by atoms with Crippen molar-refractivity contribution in [3.63, 3.8) is 0 Å². The van der Waals surface area contributed by atoms with Gasteiger partial charge in [-0.25, -0.2) is 0 Å². The number of rotatable bonds is 0. The Morgan fingerprint density at radius 3 is 2.17 bits per heavy atom. The second-order valence-corrected chi connectivity index (χ2v) is 1.91. The summed E-state index contributed by atoms with van der Waals surface area (Å²) in [7, 11) is 0. The van der Waals surface area contributed by atoms with E-state index in [2.05, 4.69) is 4.74 Å². The molecule has 0 aromatic heterocycles. The van der Waals surface area contributed by atoms with Gasteiger partial charge in [-0.1, -0.05) is 11.6 Å². The first-order valence-corrected chi connectivity index (χ1v) is 2.10. The van der Waals surface area contributed by atoms with Crippen molar-refractivity contribution in [3.8, 4) is 0 Å². The molecule has 1 aliphatic rings. The number of hydrogen-bond donors (Lipinski definition) is 1. The van der Waals surface area contributed by atoms with E-state index in [4.69, 9.17) is 16.7 Å².